The molecule has 1 saturated heterocycles. The second kappa shape index (κ2) is 7.63. The standard InChI is InChI=1S/C22H34N2O4/c1-26-24-7-5-22-14-16(4-6-23-8-10-27-11-9-23)2-3-20(22)28-19-13-18(25)12-17(15-24)21(19)22/h5,7,16-18,20,25H,2-4,6,8-15H2,1H3/t16?,17-,18+,20+,22?/m1/s1. The Hall–Kier alpha value is -1.08. The Kier molecular flexibility index (Phi) is 5.16. The first-order valence-electron chi connectivity index (χ1n) is 11.1. The van der Waals surface area contributed by atoms with Crippen molar-refractivity contribution in [3.8, 4) is 0 Å². The Morgan fingerprint density at radius 2 is 2.14 bits per heavy atom. The highest BCUT2D eigenvalue weighted by Crippen LogP contribution is 2.59. The summed E-state index contributed by atoms with van der Waals surface area (Å²) in [5, 5.41) is 12.4. The van der Waals surface area contributed by atoms with Gasteiger partial charge in [0.1, 0.15) is 6.10 Å². The fourth-order valence-electron chi connectivity index (χ4n) is 6.30. The minimum atomic E-state index is -0.296. The molecular formula is C22H34N2O4. The minimum absolute atomic E-state index is 0.00134. The highest BCUT2D eigenvalue weighted by Gasteiger charge is 2.56. The zero-order valence-corrected chi connectivity index (χ0v) is 17.0. The van der Waals surface area contributed by atoms with Crippen LogP contribution in [-0.2, 0) is 14.3 Å². The molecule has 5 atom stereocenters. The molecule has 2 aliphatic carbocycles. The number of morpholine rings is 1. The van der Waals surface area contributed by atoms with Gasteiger partial charge in [-0.3, -0.25) is 14.8 Å². The van der Waals surface area contributed by atoms with Gasteiger partial charge in [-0.1, -0.05) is 6.08 Å². The summed E-state index contributed by atoms with van der Waals surface area (Å²) in [6.07, 6.45) is 10.7. The molecule has 0 aromatic heterocycles. The number of rotatable bonds is 4. The lowest BCUT2D eigenvalue weighted by molar-refractivity contribution is -0.0967. The van der Waals surface area contributed by atoms with Gasteiger partial charge in [0.2, 0.25) is 0 Å². The lowest BCUT2D eigenvalue weighted by Gasteiger charge is -2.43. The smallest absolute Gasteiger partial charge is 0.111 e. The van der Waals surface area contributed by atoms with Gasteiger partial charge >= 0.3 is 0 Å². The molecule has 6 heteroatoms. The Bertz CT molecular complexity index is 644. The van der Waals surface area contributed by atoms with Crippen molar-refractivity contribution in [2.24, 2.45) is 17.3 Å². The van der Waals surface area contributed by atoms with E-state index >= 15 is 0 Å². The highest BCUT2D eigenvalue weighted by atomic mass is 16.7. The average molecular weight is 391 g/mol. The molecule has 5 aliphatic rings. The SMILES string of the molecule is CON1C=CC23CC(CCN4CCOCC4)CC[C@@H]2OC2=C3[C@H](C[C@H](O)C2)C1. The van der Waals surface area contributed by atoms with E-state index in [1.165, 1.54) is 31.4 Å². The normalized spacial score (nSPS) is 40.7. The summed E-state index contributed by atoms with van der Waals surface area (Å²) in [7, 11) is 1.73. The van der Waals surface area contributed by atoms with Crippen molar-refractivity contribution in [2.75, 3.05) is 46.5 Å². The van der Waals surface area contributed by atoms with E-state index < -0.39 is 0 Å². The third kappa shape index (κ3) is 3.28. The van der Waals surface area contributed by atoms with Gasteiger partial charge in [0.25, 0.3) is 0 Å². The van der Waals surface area contributed by atoms with Crippen molar-refractivity contribution in [2.45, 2.75) is 50.7 Å². The average Bonchev–Trinajstić information content (AvgIpc) is 2.94. The van der Waals surface area contributed by atoms with E-state index in [9.17, 15) is 5.11 Å². The van der Waals surface area contributed by atoms with Crippen molar-refractivity contribution in [3.05, 3.63) is 23.6 Å². The van der Waals surface area contributed by atoms with Gasteiger partial charge in [0, 0.05) is 31.6 Å². The first kappa shape index (κ1) is 18.9. The number of nitrogens with zero attached hydrogens (tertiary/aromatic N) is 2. The summed E-state index contributed by atoms with van der Waals surface area (Å²) in [4.78, 5) is 8.13. The molecule has 3 heterocycles. The minimum Gasteiger partial charge on any atom is -0.493 e. The fraction of sp³-hybridized carbons (Fsp3) is 0.818. The molecular weight excluding hydrogens is 356 g/mol. The van der Waals surface area contributed by atoms with Gasteiger partial charge in [-0.05, 0) is 50.1 Å². The maximum absolute atomic E-state index is 10.4. The zero-order valence-electron chi connectivity index (χ0n) is 17.0. The van der Waals surface area contributed by atoms with Crippen LogP contribution in [0.5, 0.6) is 0 Å². The van der Waals surface area contributed by atoms with Crippen molar-refractivity contribution >= 4 is 0 Å². The van der Waals surface area contributed by atoms with Gasteiger partial charge in [-0.15, -0.1) is 0 Å². The van der Waals surface area contributed by atoms with Gasteiger partial charge in [-0.2, -0.15) is 0 Å². The summed E-state index contributed by atoms with van der Waals surface area (Å²) in [5.41, 5.74) is 1.48. The first-order chi connectivity index (χ1) is 13.7. The molecule has 3 aliphatic heterocycles. The lowest BCUT2D eigenvalue weighted by atomic mass is 9.60. The fourth-order valence-corrected chi connectivity index (χ4v) is 6.30. The van der Waals surface area contributed by atoms with Crippen molar-refractivity contribution in [3.63, 3.8) is 0 Å². The van der Waals surface area contributed by atoms with Gasteiger partial charge in [0.05, 0.1) is 44.1 Å². The number of ether oxygens (including phenoxy) is 2. The summed E-state index contributed by atoms with van der Waals surface area (Å²) in [6, 6.07) is 0. The number of hydroxylamine groups is 2. The monoisotopic (exact) mass is 390 g/mol. The molecule has 2 unspecified atom stereocenters. The van der Waals surface area contributed by atoms with E-state index in [1.807, 2.05) is 5.06 Å². The van der Waals surface area contributed by atoms with Gasteiger partial charge in [-0.25, -0.2) is 0 Å². The predicted molar refractivity (Wildman–Crippen MR) is 105 cm³/mol. The van der Waals surface area contributed by atoms with Crippen LogP contribution in [0.25, 0.3) is 0 Å². The third-order valence-corrected chi connectivity index (χ3v) is 7.64. The molecule has 1 N–H and O–H groups in total. The molecule has 1 spiro atoms. The number of hydrogen-bond donors (Lipinski definition) is 1. The number of hydrogen-bond acceptors (Lipinski definition) is 6. The number of aliphatic hydroxyl groups is 1. The van der Waals surface area contributed by atoms with Crippen LogP contribution in [-0.4, -0.2) is 73.8 Å². The van der Waals surface area contributed by atoms with Crippen LogP contribution in [0.1, 0.15) is 38.5 Å². The van der Waals surface area contributed by atoms with Crippen molar-refractivity contribution < 1.29 is 19.4 Å². The third-order valence-electron chi connectivity index (χ3n) is 7.64. The molecule has 28 heavy (non-hydrogen) atoms. The summed E-state index contributed by atoms with van der Waals surface area (Å²) >= 11 is 0. The van der Waals surface area contributed by atoms with Crippen LogP contribution in [0.4, 0.5) is 0 Å². The van der Waals surface area contributed by atoms with Crippen molar-refractivity contribution in [1.29, 1.82) is 0 Å². The van der Waals surface area contributed by atoms with Gasteiger partial charge < -0.3 is 14.6 Å². The molecule has 6 nitrogen and oxygen atoms in total. The number of aliphatic hydroxyl groups excluding tert-OH is 1. The van der Waals surface area contributed by atoms with Crippen LogP contribution in [0.3, 0.4) is 0 Å². The second-order valence-corrected chi connectivity index (χ2v) is 9.26. The molecule has 0 bridgehead atoms. The van der Waals surface area contributed by atoms with E-state index in [0.717, 1.165) is 57.4 Å². The molecule has 0 aromatic rings. The quantitative estimate of drug-likeness (QED) is 0.795. The van der Waals surface area contributed by atoms with Crippen LogP contribution >= 0.6 is 0 Å². The van der Waals surface area contributed by atoms with E-state index in [0.29, 0.717) is 12.3 Å². The largest absolute Gasteiger partial charge is 0.493 e. The lowest BCUT2D eigenvalue weighted by Crippen LogP contribution is -2.42. The second-order valence-electron chi connectivity index (χ2n) is 9.26. The zero-order chi connectivity index (χ0) is 19.1. The van der Waals surface area contributed by atoms with Gasteiger partial charge in [0.15, 0.2) is 0 Å². The molecule has 0 amide bonds. The Balaban J connectivity index is 1.37. The first-order valence-corrected chi connectivity index (χ1v) is 11.1. The maximum Gasteiger partial charge on any atom is 0.111 e. The summed E-state index contributed by atoms with van der Waals surface area (Å²) < 4.78 is 12.0. The summed E-state index contributed by atoms with van der Waals surface area (Å²) in [6.45, 7) is 5.88. The van der Waals surface area contributed by atoms with Crippen LogP contribution in [0.15, 0.2) is 23.6 Å². The highest BCUT2D eigenvalue weighted by molar-refractivity contribution is 5.38. The van der Waals surface area contributed by atoms with Crippen LogP contribution < -0.4 is 0 Å². The molecule has 1 saturated carbocycles. The van der Waals surface area contributed by atoms with E-state index in [1.54, 1.807) is 7.11 Å². The molecule has 0 aromatic carbocycles. The predicted octanol–water partition coefficient (Wildman–Crippen LogP) is 2.31. The van der Waals surface area contributed by atoms with E-state index in [4.69, 9.17) is 14.3 Å². The Labute approximate surface area is 168 Å². The van der Waals surface area contributed by atoms with Crippen LogP contribution in [0, 0.1) is 17.3 Å². The topological polar surface area (TPSA) is 54.4 Å². The molecule has 0 radical (unpaired) electrons. The maximum atomic E-state index is 10.4. The Morgan fingerprint density at radius 3 is 2.96 bits per heavy atom. The Morgan fingerprint density at radius 1 is 1.29 bits per heavy atom. The molecule has 156 valence electrons. The molecule has 5 rings (SSSR count). The van der Waals surface area contributed by atoms with Crippen molar-refractivity contribution in [1.82, 2.24) is 9.96 Å². The summed E-state index contributed by atoms with van der Waals surface area (Å²) in [5.74, 6) is 2.13. The molecule has 2 fully saturated rings. The van der Waals surface area contributed by atoms with Crippen LogP contribution in [0.2, 0.25) is 0 Å². The van der Waals surface area contributed by atoms with E-state index in [2.05, 4.69) is 17.2 Å². The van der Waals surface area contributed by atoms with E-state index in [-0.39, 0.29) is 17.6 Å².